The Morgan fingerprint density at radius 2 is 0.487 bits per heavy atom. The lowest BCUT2D eigenvalue weighted by molar-refractivity contribution is -0.0303. The first kappa shape index (κ1) is 38.7. The lowest BCUT2D eigenvalue weighted by Crippen LogP contribution is -2.47. The Morgan fingerprint density at radius 1 is 0.282 bits per heavy atom. The van der Waals surface area contributed by atoms with Gasteiger partial charge in [-0.15, -0.1) is 0 Å². The fourth-order valence-electron chi connectivity index (χ4n) is 2.66. The van der Waals surface area contributed by atoms with Gasteiger partial charge in [0.2, 0.25) is 0 Å². The molecule has 0 amide bonds. The van der Waals surface area contributed by atoms with Gasteiger partial charge in [0.25, 0.3) is 0 Å². The number of ether oxygens (including phenoxy) is 10. The number of methoxy groups -OCH3 is 1. The van der Waals surface area contributed by atoms with Crippen LogP contribution in [0.4, 0.5) is 0 Å². The Hall–Kier alpha value is -0.343. The Labute approximate surface area is 235 Å². The molecule has 0 N–H and O–H groups in total. The molecule has 0 bridgehead atoms. The highest BCUT2D eigenvalue weighted by atomic mass is 28.4. The van der Waals surface area contributed by atoms with Crippen LogP contribution < -0.4 is 0 Å². The molecule has 0 aromatic rings. The Balaban J connectivity index is 3.12. The van der Waals surface area contributed by atoms with Crippen LogP contribution in [-0.2, 0) is 65.1 Å². The van der Waals surface area contributed by atoms with Crippen molar-refractivity contribution in [3.05, 3.63) is 0 Å². The zero-order valence-corrected chi connectivity index (χ0v) is 25.4. The Kier molecular flexibility index (Phi) is 31.9. The molecule has 0 saturated heterocycles. The SMILES string of the molecule is COCCOCCOCCOCCOCCOCCOCCOCCOCCOCCO[Si](OC)(OC)OC. The molecule has 0 saturated carbocycles. The van der Waals surface area contributed by atoms with Crippen LogP contribution in [0.15, 0.2) is 0 Å². The molecule has 0 spiro atoms. The summed E-state index contributed by atoms with van der Waals surface area (Å²) in [6, 6.07) is 0. The second-order valence-corrected chi connectivity index (χ2v) is 9.98. The third kappa shape index (κ3) is 27.6. The zero-order valence-electron chi connectivity index (χ0n) is 24.4. The smallest absolute Gasteiger partial charge is 0.382 e. The Morgan fingerprint density at radius 3 is 0.692 bits per heavy atom. The summed E-state index contributed by atoms with van der Waals surface area (Å²) in [6.45, 7) is 10.0. The monoisotopic (exact) mass is 592 g/mol. The first-order valence-corrected chi connectivity index (χ1v) is 14.9. The first-order valence-electron chi connectivity index (χ1n) is 13.2. The maximum absolute atomic E-state index is 5.49. The molecule has 15 heteroatoms. The normalized spacial score (nSPS) is 12.0. The minimum absolute atomic E-state index is 0.310. The standard InChI is InChI=1S/C24H52O14Si/c1-25-5-6-29-7-8-30-9-10-31-11-12-32-13-14-33-15-16-34-17-18-35-19-20-36-21-22-37-23-24-38-39(26-2,27-3)28-4/h5-24H2,1-4H3. The van der Waals surface area contributed by atoms with Crippen molar-refractivity contribution in [2.45, 2.75) is 0 Å². The van der Waals surface area contributed by atoms with Gasteiger partial charge in [-0.2, -0.15) is 0 Å². The molecule has 0 unspecified atom stereocenters. The van der Waals surface area contributed by atoms with Crippen molar-refractivity contribution in [1.29, 1.82) is 0 Å². The highest BCUT2D eigenvalue weighted by Gasteiger charge is 2.42. The van der Waals surface area contributed by atoms with E-state index in [-0.39, 0.29) is 0 Å². The van der Waals surface area contributed by atoms with E-state index in [9.17, 15) is 0 Å². The van der Waals surface area contributed by atoms with Crippen molar-refractivity contribution in [1.82, 2.24) is 0 Å². The van der Waals surface area contributed by atoms with Gasteiger partial charge in [0, 0.05) is 28.4 Å². The van der Waals surface area contributed by atoms with Crippen molar-refractivity contribution in [2.75, 3.05) is 161 Å². The summed E-state index contributed by atoms with van der Waals surface area (Å²) in [6.07, 6.45) is 0. The first-order chi connectivity index (χ1) is 19.2. The average molecular weight is 593 g/mol. The van der Waals surface area contributed by atoms with Crippen LogP contribution in [0.2, 0.25) is 0 Å². The number of hydrogen-bond donors (Lipinski definition) is 0. The van der Waals surface area contributed by atoms with E-state index in [2.05, 4.69) is 0 Å². The van der Waals surface area contributed by atoms with Gasteiger partial charge >= 0.3 is 9.05 Å². The fraction of sp³-hybridized carbons (Fsp3) is 1.00. The van der Waals surface area contributed by atoms with Gasteiger partial charge in [0.05, 0.1) is 132 Å². The quantitative estimate of drug-likeness (QED) is 0.0744. The molecule has 0 aliphatic heterocycles. The predicted molar refractivity (Wildman–Crippen MR) is 142 cm³/mol. The predicted octanol–water partition coefficient (Wildman–Crippen LogP) is 0.174. The number of hydrogen-bond acceptors (Lipinski definition) is 14. The van der Waals surface area contributed by atoms with Crippen LogP contribution in [-0.4, -0.2) is 170 Å². The summed E-state index contributed by atoms with van der Waals surface area (Å²) in [5.74, 6) is 0. The molecule has 39 heavy (non-hydrogen) atoms. The summed E-state index contributed by atoms with van der Waals surface area (Å²) in [5.41, 5.74) is 0. The molecular weight excluding hydrogens is 540 g/mol. The van der Waals surface area contributed by atoms with E-state index < -0.39 is 9.05 Å². The van der Waals surface area contributed by atoms with E-state index in [0.29, 0.717) is 132 Å². The topological polar surface area (TPSA) is 129 Å². The molecule has 0 heterocycles. The van der Waals surface area contributed by atoms with E-state index in [1.807, 2.05) is 0 Å². The third-order valence-electron chi connectivity index (χ3n) is 4.66. The lowest BCUT2D eigenvalue weighted by Gasteiger charge is -2.22. The van der Waals surface area contributed by atoms with Gasteiger partial charge in [-0.3, -0.25) is 0 Å². The summed E-state index contributed by atoms with van der Waals surface area (Å²) in [4.78, 5) is 0. The van der Waals surface area contributed by atoms with Crippen LogP contribution in [0.25, 0.3) is 0 Å². The van der Waals surface area contributed by atoms with E-state index >= 15 is 0 Å². The second kappa shape index (κ2) is 32.2. The van der Waals surface area contributed by atoms with E-state index in [0.717, 1.165) is 0 Å². The highest BCUT2D eigenvalue weighted by molar-refractivity contribution is 6.53. The van der Waals surface area contributed by atoms with Gasteiger partial charge in [0.1, 0.15) is 0 Å². The van der Waals surface area contributed by atoms with Crippen LogP contribution >= 0.6 is 0 Å². The van der Waals surface area contributed by atoms with E-state index in [4.69, 9.17) is 65.1 Å². The largest absolute Gasteiger partial charge is 0.678 e. The van der Waals surface area contributed by atoms with Crippen LogP contribution in [0.5, 0.6) is 0 Å². The van der Waals surface area contributed by atoms with E-state index in [1.54, 1.807) is 7.11 Å². The molecule has 0 aromatic heterocycles. The summed E-state index contributed by atoms with van der Waals surface area (Å²) >= 11 is 0. The second-order valence-electron chi connectivity index (χ2n) is 7.46. The molecule has 0 aromatic carbocycles. The molecule has 0 atom stereocenters. The van der Waals surface area contributed by atoms with Crippen molar-refractivity contribution >= 4 is 9.05 Å². The maximum atomic E-state index is 5.49. The van der Waals surface area contributed by atoms with Gasteiger partial charge in [-0.05, 0) is 0 Å². The van der Waals surface area contributed by atoms with Crippen LogP contribution in [0.3, 0.4) is 0 Å². The fourth-order valence-corrected chi connectivity index (χ4v) is 3.84. The third-order valence-corrected chi connectivity index (χ3v) is 6.72. The van der Waals surface area contributed by atoms with Gasteiger partial charge < -0.3 is 65.1 Å². The molecule has 0 aliphatic rings. The minimum Gasteiger partial charge on any atom is -0.382 e. The molecule has 14 nitrogen and oxygen atoms in total. The summed E-state index contributed by atoms with van der Waals surface area (Å²) in [7, 11) is 3.10. The van der Waals surface area contributed by atoms with Crippen LogP contribution in [0.1, 0.15) is 0 Å². The van der Waals surface area contributed by atoms with Crippen molar-refractivity contribution in [3.63, 3.8) is 0 Å². The van der Waals surface area contributed by atoms with Crippen molar-refractivity contribution in [2.24, 2.45) is 0 Å². The molecule has 236 valence electrons. The Bertz CT molecular complexity index is 454. The van der Waals surface area contributed by atoms with Gasteiger partial charge in [-0.25, -0.2) is 0 Å². The van der Waals surface area contributed by atoms with Gasteiger partial charge in [-0.1, -0.05) is 0 Å². The lowest BCUT2D eigenvalue weighted by atomic mass is 10.6. The highest BCUT2D eigenvalue weighted by Crippen LogP contribution is 2.07. The summed E-state index contributed by atoms with van der Waals surface area (Å²) in [5, 5.41) is 0. The van der Waals surface area contributed by atoms with Gasteiger partial charge in [0.15, 0.2) is 0 Å². The van der Waals surface area contributed by atoms with Crippen molar-refractivity contribution < 1.29 is 65.1 Å². The molecule has 0 fully saturated rings. The van der Waals surface area contributed by atoms with Crippen molar-refractivity contribution in [3.8, 4) is 0 Å². The molecular formula is C24H52O14Si. The number of rotatable bonds is 34. The molecule has 0 aliphatic carbocycles. The summed E-state index contributed by atoms with van der Waals surface area (Å²) < 4.78 is 74.6. The molecule has 0 radical (unpaired) electrons. The average Bonchev–Trinajstić information content (AvgIpc) is 2.96. The van der Waals surface area contributed by atoms with Crippen LogP contribution in [0, 0.1) is 0 Å². The maximum Gasteiger partial charge on any atom is 0.678 e. The zero-order chi connectivity index (χ0) is 28.5. The minimum atomic E-state index is -3.00. The van der Waals surface area contributed by atoms with E-state index in [1.165, 1.54) is 21.3 Å². The molecule has 0 rings (SSSR count).